The summed E-state index contributed by atoms with van der Waals surface area (Å²) in [5, 5.41) is 7.53. The second-order valence-electron chi connectivity index (χ2n) is 2.24. The Morgan fingerprint density at radius 3 is 2.31 bits per heavy atom. The van der Waals surface area contributed by atoms with Crippen LogP contribution in [0.4, 0.5) is 0 Å². The largest absolute Gasteiger partial charge is 1.00 e. The van der Waals surface area contributed by atoms with E-state index in [1.165, 1.54) is 0 Å². The van der Waals surface area contributed by atoms with E-state index < -0.39 is 0 Å². The van der Waals surface area contributed by atoms with Crippen molar-refractivity contribution in [2.45, 2.75) is 5.22 Å². The van der Waals surface area contributed by atoms with E-state index in [1.807, 2.05) is 30.3 Å². The molecule has 13 heavy (non-hydrogen) atoms. The minimum atomic E-state index is 0. The molecule has 3 nitrogen and oxygen atoms in total. The first-order chi connectivity index (χ1) is 5.86. The molecule has 5 heteroatoms. The summed E-state index contributed by atoms with van der Waals surface area (Å²) in [5.41, 5.74) is 0.890. The molecule has 0 atom stereocenters. The van der Waals surface area contributed by atoms with Crippen LogP contribution in [0, 0.1) is 0 Å². The SMILES string of the molecule is [K+].[S-]c1nnc(-c2ccccc2)o1. The van der Waals surface area contributed by atoms with Gasteiger partial charge in [-0.15, -0.1) is 10.2 Å². The Labute approximate surface area is 124 Å². The molecule has 1 heterocycles. The first kappa shape index (κ1) is 11.3. The molecule has 60 valence electrons. The van der Waals surface area contributed by atoms with Gasteiger partial charge in [-0.1, -0.05) is 18.2 Å². The number of rotatable bonds is 1. The van der Waals surface area contributed by atoms with E-state index in [9.17, 15) is 0 Å². The van der Waals surface area contributed by atoms with Gasteiger partial charge >= 0.3 is 51.4 Å². The number of aromatic nitrogens is 2. The van der Waals surface area contributed by atoms with Crippen molar-refractivity contribution >= 4 is 12.6 Å². The van der Waals surface area contributed by atoms with E-state index in [2.05, 4.69) is 10.2 Å². The molecule has 1 aromatic carbocycles. The Balaban J connectivity index is 0.000000845. The van der Waals surface area contributed by atoms with Crippen LogP contribution in [0.25, 0.3) is 11.5 Å². The van der Waals surface area contributed by atoms with Crippen molar-refractivity contribution in [2.75, 3.05) is 0 Å². The topological polar surface area (TPSA) is 38.9 Å². The van der Waals surface area contributed by atoms with Crippen LogP contribution in [0.2, 0.25) is 0 Å². The van der Waals surface area contributed by atoms with Crippen molar-refractivity contribution in [1.82, 2.24) is 10.2 Å². The summed E-state index contributed by atoms with van der Waals surface area (Å²) in [6.07, 6.45) is 0. The quantitative estimate of drug-likeness (QED) is 0.436. The fourth-order valence-corrected chi connectivity index (χ4v) is 1.03. The van der Waals surface area contributed by atoms with Crippen LogP contribution in [0.15, 0.2) is 40.0 Å². The average Bonchev–Trinajstić information content (AvgIpc) is 2.54. The Morgan fingerprint density at radius 1 is 1.08 bits per heavy atom. The summed E-state index contributed by atoms with van der Waals surface area (Å²) >= 11 is 4.69. The van der Waals surface area contributed by atoms with Gasteiger partial charge in [0, 0.05) is 5.56 Å². The van der Waals surface area contributed by atoms with E-state index in [4.69, 9.17) is 17.0 Å². The second kappa shape index (κ2) is 5.19. The zero-order chi connectivity index (χ0) is 8.39. The molecular formula is C8H5KN2OS. The van der Waals surface area contributed by atoms with E-state index in [0.29, 0.717) is 5.89 Å². The van der Waals surface area contributed by atoms with Crippen LogP contribution in [0.1, 0.15) is 0 Å². The Kier molecular flexibility index (Phi) is 4.50. The van der Waals surface area contributed by atoms with Crippen LogP contribution in [0.5, 0.6) is 0 Å². The molecule has 0 aliphatic carbocycles. The summed E-state index contributed by atoms with van der Waals surface area (Å²) in [6.45, 7) is 0. The molecule has 1 aromatic heterocycles. The number of nitrogens with zero attached hydrogens (tertiary/aromatic N) is 2. The van der Waals surface area contributed by atoms with Crippen LogP contribution in [-0.2, 0) is 12.6 Å². The fraction of sp³-hybridized carbons (Fsp3) is 0. The van der Waals surface area contributed by atoms with Crippen molar-refractivity contribution in [3.8, 4) is 11.5 Å². The molecule has 0 aliphatic rings. The third kappa shape index (κ3) is 2.83. The molecular weight excluding hydrogens is 211 g/mol. The maximum Gasteiger partial charge on any atom is 1.00 e. The van der Waals surface area contributed by atoms with Gasteiger partial charge in [-0.3, -0.25) is 0 Å². The summed E-state index contributed by atoms with van der Waals surface area (Å²) in [7, 11) is 0. The third-order valence-electron chi connectivity index (χ3n) is 1.43. The van der Waals surface area contributed by atoms with Crippen molar-refractivity contribution in [3.05, 3.63) is 30.3 Å². The van der Waals surface area contributed by atoms with Gasteiger partial charge in [0.1, 0.15) is 0 Å². The van der Waals surface area contributed by atoms with E-state index in [0.717, 1.165) is 5.56 Å². The summed E-state index contributed by atoms with van der Waals surface area (Å²) in [5.74, 6) is 0.473. The fourth-order valence-electron chi connectivity index (χ4n) is 0.907. The molecule has 0 spiro atoms. The van der Waals surface area contributed by atoms with Crippen molar-refractivity contribution < 1.29 is 55.8 Å². The molecule has 0 N–H and O–H groups in total. The summed E-state index contributed by atoms with van der Waals surface area (Å²) < 4.78 is 5.06. The van der Waals surface area contributed by atoms with Gasteiger partial charge in [0.2, 0.25) is 5.89 Å². The van der Waals surface area contributed by atoms with Gasteiger partial charge in [0.25, 0.3) is 0 Å². The van der Waals surface area contributed by atoms with Gasteiger partial charge < -0.3 is 17.0 Å². The predicted molar refractivity (Wildman–Crippen MR) is 45.4 cm³/mol. The number of hydrogen-bond donors (Lipinski definition) is 0. The molecule has 0 unspecified atom stereocenters. The van der Waals surface area contributed by atoms with E-state index in [1.54, 1.807) is 0 Å². The molecule has 0 saturated carbocycles. The van der Waals surface area contributed by atoms with Crippen molar-refractivity contribution in [2.24, 2.45) is 0 Å². The van der Waals surface area contributed by atoms with Gasteiger partial charge in [-0.05, 0) is 12.1 Å². The Bertz CT molecular complexity index is 377. The first-order valence-electron chi connectivity index (χ1n) is 3.42. The van der Waals surface area contributed by atoms with Crippen LogP contribution in [-0.4, -0.2) is 10.2 Å². The monoisotopic (exact) mass is 216 g/mol. The molecule has 2 aromatic rings. The van der Waals surface area contributed by atoms with Crippen molar-refractivity contribution in [1.29, 1.82) is 0 Å². The standard InChI is InChI=1S/C8H6N2OS.K/c12-8-10-9-7(11-8)6-4-2-1-3-5-6;/h1-5H,(H,10,12);/q;+1/p-1. The maximum atomic E-state index is 5.06. The molecule has 0 saturated heterocycles. The van der Waals surface area contributed by atoms with Gasteiger partial charge in [-0.25, -0.2) is 0 Å². The van der Waals surface area contributed by atoms with E-state index >= 15 is 0 Å². The summed E-state index contributed by atoms with van der Waals surface area (Å²) in [6, 6.07) is 9.52. The first-order valence-corrected chi connectivity index (χ1v) is 3.83. The third-order valence-corrected chi connectivity index (χ3v) is 1.59. The Hall–Kier alpha value is 0.216. The normalized spacial score (nSPS) is 9.23. The van der Waals surface area contributed by atoms with Gasteiger partial charge in [0.05, 0.1) is 5.22 Å². The van der Waals surface area contributed by atoms with Crippen LogP contribution >= 0.6 is 0 Å². The molecule has 0 aliphatic heterocycles. The zero-order valence-corrected chi connectivity index (χ0v) is 11.0. The van der Waals surface area contributed by atoms with E-state index in [-0.39, 0.29) is 56.6 Å². The van der Waals surface area contributed by atoms with Crippen LogP contribution in [0.3, 0.4) is 0 Å². The van der Waals surface area contributed by atoms with Gasteiger partial charge in [0.15, 0.2) is 0 Å². The van der Waals surface area contributed by atoms with Crippen LogP contribution < -0.4 is 51.4 Å². The Morgan fingerprint density at radius 2 is 1.77 bits per heavy atom. The predicted octanol–water partition coefficient (Wildman–Crippen LogP) is -1.35. The minimum absolute atomic E-state index is 0. The number of hydrogen-bond acceptors (Lipinski definition) is 4. The summed E-state index contributed by atoms with van der Waals surface area (Å²) in [4.78, 5) is 0. The minimum Gasteiger partial charge on any atom is -0.719 e. The smallest absolute Gasteiger partial charge is 0.719 e. The van der Waals surface area contributed by atoms with Crippen molar-refractivity contribution in [3.63, 3.8) is 0 Å². The average molecular weight is 216 g/mol. The molecule has 0 amide bonds. The molecule has 0 radical (unpaired) electrons. The molecule has 0 fully saturated rings. The molecule has 2 rings (SSSR count). The maximum absolute atomic E-state index is 5.06. The second-order valence-corrected chi connectivity index (χ2v) is 2.59. The van der Waals surface area contributed by atoms with Gasteiger partial charge in [-0.2, -0.15) is 0 Å². The molecule has 0 bridgehead atoms. The number of benzene rings is 1. The zero-order valence-electron chi connectivity index (χ0n) is 7.10.